The van der Waals surface area contributed by atoms with Crippen molar-refractivity contribution in [3.05, 3.63) is 47.7 Å². The Morgan fingerprint density at radius 1 is 1.29 bits per heavy atom. The number of rotatable bonds is 6. The summed E-state index contributed by atoms with van der Waals surface area (Å²) in [6.07, 6.45) is 0.628. The highest BCUT2D eigenvalue weighted by Crippen LogP contribution is 2.33. The lowest BCUT2D eigenvalue weighted by atomic mass is 10.1. The Balaban J connectivity index is 1.67. The van der Waals surface area contributed by atoms with E-state index in [-0.39, 0.29) is 24.8 Å². The van der Waals surface area contributed by atoms with Gasteiger partial charge in [-0.25, -0.2) is 14.6 Å². The van der Waals surface area contributed by atoms with Gasteiger partial charge in [0.1, 0.15) is 6.10 Å². The summed E-state index contributed by atoms with van der Waals surface area (Å²) in [5.74, 6) is -4.28. The Bertz CT molecular complexity index is 982. The number of carbonyl (C=O) groups excluding carboxylic acids is 3. The van der Waals surface area contributed by atoms with Crippen LogP contribution >= 0.6 is 0 Å². The second kappa shape index (κ2) is 8.18. The molecule has 0 saturated heterocycles. The molecule has 0 amide bonds. The molecule has 0 radical (unpaired) electrons. The minimum Gasteiger partial charge on any atom is -0.475 e. The molecule has 1 N–H and O–H groups in total. The van der Waals surface area contributed by atoms with E-state index in [1.165, 1.54) is 18.3 Å². The van der Waals surface area contributed by atoms with Crippen LogP contribution in [0.3, 0.4) is 0 Å². The topological polar surface area (TPSA) is 128 Å². The molecule has 3 rings (SSSR count). The number of pyridine rings is 1. The first kappa shape index (κ1) is 18.8. The van der Waals surface area contributed by atoms with Crippen LogP contribution in [0.15, 0.2) is 36.5 Å². The number of nitrogens with one attached hydrogen (secondary N) is 1. The third-order valence-electron chi connectivity index (χ3n) is 3.85. The summed E-state index contributed by atoms with van der Waals surface area (Å²) in [5, 5.41) is 12.0. The van der Waals surface area contributed by atoms with Gasteiger partial charge in [-0.2, -0.15) is 5.26 Å². The summed E-state index contributed by atoms with van der Waals surface area (Å²) < 4.78 is 15.2. The predicted octanol–water partition coefficient (Wildman–Crippen LogP) is 1.54. The molecule has 1 aliphatic rings. The molecule has 1 atom stereocenters. The van der Waals surface area contributed by atoms with Crippen molar-refractivity contribution in [2.75, 3.05) is 18.5 Å². The summed E-state index contributed by atoms with van der Waals surface area (Å²) >= 11 is 0. The van der Waals surface area contributed by atoms with E-state index in [9.17, 15) is 14.4 Å². The van der Waals surface area contributed by atoms with Gasteiger partial charge in [0, 0.05) is 17.4 Å². The molecule has 1 aromatic carbocycles. The number of Topliss-reactive ketones (excluding diaryl/α,β-unsaturated/α-hetero) is 1. The van der Waals surface area contributed by atoms with Crippen molar-refractivity contribution in [1.82, 2.24) is 4.98 Å². The van der Waals surface area contributed by atoms with Crippen LogP contribution in [0, 0.1) is 11.3 Å². The van der Waals surface area contributed by atoms with Gasteiger partial charge in [-0.1, -0.05) is 0 Å². The number of ketones is 1. The van der Waals surface area contributed by atoms with Crippen molar-refractivity contribution >= 4 is 23.4 Å². The van der Waals surface area contributed by atoms with Crippen LogP contribution < -0.4 is 14.8 Å². The molecule has 2 aromatic rings. The van der Waals surface area contributed by atoms with E-state index in [1.807, 2.05) is 6.07 Å². The highest BCUT2D eigenvalue weighted by atomic mass is 16.6. The third kappa shape index (κ3) is 3.91. The SMILES string of the molecule is CCOc1ncccc1OC(=O)C(=O)C(=O)OC1CNc2ccc(C#N)cc21. The van der Waals surface area contributed by atoms with Crippen LogP contribution in [0.25, 0.3) is 0 Å². The molecular formula is C19H15N3O6. The second-order valence-corrected chi connectivity index (χ2v) is 5.65. The molecule has 28 heavy (non-hydrogen) atoms. The Morgan fingerprint density at radius 3 is 2.86 bits per heavy atom. The van der Waals surface area contributed by atoms with Crippen LogP contribution in [0.2, 0.25) is 0 Å². The number of nitrogens with zero attached hydrogens (tertiary/aromatic N) is 2. The number of anilines is 1. The molecule has 1 aliphatic heterocycles. The van der Waals surface area contributed by atoms with Crippen molar-refractivity contribution in [2.24, 2.45) is 0 Å². The molecule has 0 spiro atoms. The van der Waals surface area contributed by atoms with E-state index >= 15 is 0 Å². The van der Waals surface area contributed by atoms with Gasteiger partial charge in [0.25, 0.3) is 5.88 Å². The molecule has 142 valence electrons. The number of esters is 2. The maximum absolute atomic E-state index is 12.1. The highest BCUT2D eigenvalue weighted by molar-refractivity contribution is 6.60. The highest BCUT2D eigenvalue weighted by Gasteiger charge is 2.33. The van der Waals surface area contributed by atoms with Gasteiger partial charge < -0.3 is 19.5 Å². The van der Waals surface area contributed by atoms with Crippen LogP contribution in [0.5, 0.6) is 11.6 Å². The molecule has 9 heteroatoms. The van der Waals surface area contributed by atoms with Gasteiger partial charge >= 0.3 is 17.7 Å². The minimum atomic E-state index is -1.46. The third-order valence-corrected chi connectivity index (χ3v) is 3.85. The van der Waals surface area contributed by atoms with E-state index in [2.05, 4.69) is 10.3 Å². The van der Waals surface area contributed by atoms with Gasteiger partial charge in [0.15, 0.2) is 5.75 Å². The van der Waals surface area contributed by atoms with Crippen molar-refractivity contribution in [3.63, 3.8) is 0 Å². The maximum atomic E-state index is 12.1. The molecule has 1 aromatic heterocycles. The molecular weight excluding hydrogens is 366 g/mol. The number of benzene rings is 1. The fourth-order valence-corrected chi connectivity index (χ4v) is 2.59. The Morgan fingerprint density at radius 2 is 2.11 bits per heavy atom. The monoisotopic (exact) mass is 381 g/mol. The van der Waals surface area contributed by atoms with E-state index in [4.69, 9.17) is 19.5 Å². The zero-order valence-electron chi connectivity index (χ0n) is 14.8. The summed E-state index contributed by atoms with van der Waals surface area (Å²) in [6, 6.07) is 9.70. The zero-order valence-corrected chi connectivity index (χ0v) is 14.8. The van der Waals surface area contributed by atoms with Crippen LogP contribution in [0.4, 0.5) is 5.69 Å². The average molecular weight is 381 g/mol. The first-order chi connectivity index (χ1) is 13.5. The lowest BCUT2D eigenvalue weighted by molar-refractivity contribution is -0.163. The number of aromatic nitrogens is 1. The molecule has 1 unspecified atom stereocenters. The predicted molar refractivity (Wildman–Crippen MR) is 94.5 cm³/mol. The van der Waals surface area contributed by atoms with E-state index in [0.717, 1.165) is 0 Å². The number of carbonyl (C=O) groups is 3. The summed E-state index contributed by atoms with van der Waals surface area (Å²) in [4.78, 5) is 40.1. The first-order valence-electron chi connectivity index (χ1n) is 8.36. The molecule has 0 bridgehead atoms. The van der Waals surface area contributed by atoms with Gasteiger partial charge in [-0.05, 0) is 37.3 Å². The molecule has 0 aliphatic carbocycles. The molecule has 2 heterocycles. The Hall–Kier alpha value is -3.93. The van der Waals surface area contributed by atoms with Crippen molar-refractivity contribution in [1.29, 1.82) is 5.26 Å². The summed E-state index contributed by atoms with van der Waals surface area (Å²) in [7, 11) is 0. The number of hydrogen-bond acceptors (Lipinski definition) is 9. The largest absolute Gasteiger partial charge is 0.475 e. The van der Waals surface area contributed by atoms with Crippen molar-refractivity contribution in [2.45, 2.75) is 13.0 Å². The normalized spacial score (nSPS) is 14.2. The number of nitriles is 1. The number of fused-ring (bicyclic) bond motifs is 1. The number of hydrogen-bond donors (Lipinski definition) is 1. The standard InChI is InChI=1S/C19H15N3O6/c1-2-26-17-14(4-3-7-21-17)27-18(24)16(23)19(25)28-15-10-22-13-6-5-11(9-20)8-12(13)15/h3-8,15,22H,2,10H2,1H3. The second-order valence-electron chi connectivity index (χ2n) is 5.65. The van der Waals surface area contributed by atoms with Gasteiger partial charge in [0.05, 0.1) is 24.8 Å². The fraction of sp³-hybridized carbons (Fsp3) is 0.211. The zero-order chi connectivity index (χ0) is 20.1. The lowest BCUT2D eigenvalue weighted by Crippen LogP contribution is -2.31. The lowest BCUT2D eigenvalue weighted by Gasteiger charge is -2.12. The first-order valence-corrected chi connectivity index (χ1v) is 8.36. The molecule has 0 saturated carbocycles. The van der Waals surface area contributed by atoms with Crippen LogP contribution in [-0.4, -0.2) is 35.9 Å². The maximum Gasteiger partial charge on any atom is 0.392 e. The van der Waals surface area contributed by atoms with Crippen LogP contribution in [0.1, 0.15) is 24.2 Å². The van der Waals surface area contributed by atoms with Gasteiger partial charge in [0.2, 0.25) is 0 Å². The van der Waals surface area contributed by atoms with E-state index in [0.29, 0.717) is 16.8 Å². The summed E-state index contributed by atoms with van der Waals surface area (Å²) in [6.45, 7) is 2.21. The molecule has 0 fully saturated rings. The van der Waals surface area contributed by atoms with E-state index < -0.39 is 23.8 Å². The van der Waals surface area contributed by atoms with Crippen molar-refractivity contribution < 1.29 is 28.6 Å². The fourth-order valence-electron chi connectivity index (χ4n) is 2.59. The minimum absolute atomic E-state index is 0.0254. The Labute approximate surface area is 159 Å². The average Bonchev–Trinajstić information content (AvgIpc) is 3.10. The Kier molecular flexibility index (Phi) is 5.50. The van der Waals surface area contributed by atoms with Crippen LogP contribution in [-0.2, 0) is 19.1 Å². The molecule has 9 nitrogen and oxygen atoms in total. The van der Waals surface area contributed by atoms with E-state index in [1.54, 1.807) is 25.1 Å². The van der Waals surface area contributed by atoms with Crippen molar-refractivity contribution in [3.8, 4) is 17.7 Å². The smallest absolute Gasteiger partial charge is 0.392 e. The summed E-state index contributed by atoms with van der Waals surface area (Å²) in [5.41, 5.74) is 1.62. The van der Waals surface area contributed by atoms with Gasteiger partial charge in [-0.3, -0.25) is 4.79 Å². The quantitative estimate of drug-likeness (QED) is 0.450. The number of ether oxygens (including phenoxy) is 3. The van der Waals surface area contributed by atoms with Gasteiger partial charge in [-0.15, -0.1) is 0 Å².